The first-order valence-corrected chi connectivity index (χ1v) is 11.8. The minimum atomic E-state index is -1.03. The van der Waals surface area contributed by atoms with E-state index in [1.165, 1.54) is 0 Å². The number of ketones is 1. The molecule has 0 aliphatic rings. The summed E-state index contributed by atoms with van der Waals surface area (Å²) in [4.78, 5) is 47.5. The van der Waals surface area contributed by atoms with Gasteiger partial charge < -0.3 is 14.2 Å². The largest absolute Gasteiger partial charge is 0.465 e. The van der Waals surface area contributed by atoms with E-state index in [2.05, 4.69) is 50.5 Å². The molecule has 0 aromatic carbocycles. The molecule has 0 aliphatic heterocycles. The number of carbonyl (C=O) groups is 4. The van der Waals surface area contributed by atoms with Crippen LogP contribution < -0.4 is 0 Å². The first-order chi connectivity index (χ1) is 13.8. The van der Waals surface area contributed by atoms with Crippen LogP contribution >= 0.6 is 50.5 Å². The first-order valence-electron chi connectivity index (χ1n) is 9.24. The van der Waals surface area contributed by atoms with Crippen molar-refractivity contribution in [3.8, 4) is 0 Å². The Labute approximate surface area is 194 Å². The molecule has 0 radical (unpaired) electrons. The summed E-state index contributed by atoms with van der Waals surface area (Å²) in [5, 5.41) is 0. The lowest BCUT2D eigenvalue weighted by atomic mass is 9.84. The van der Waals surface area contributed by atoms with Crippen molar-refractivity contribution < 1.29 is 33.4 Å². The third-order valence-electron chi connectivity index (χ3n) is 3.89. The molecule has 0 amide bonds. The number of Topliss-reactive ketones (excluding diaryl/α,β-unsaturated/α-hetero) is 1. The van der Waals surface area contributed by atoms with Gasteiger partial charge in [0.05, 0.1) is 24.7 Å². The number of ether oxygens (including phenoxy) is 3. The molecule has 11 heteroatoms. The molecule has 0 spiro atoms. The highest BCUT2D eigenvalue weighted by atomic mass is 32.1. The van der Waals surface area contributed by atoms with Gasteiger partial charge >= 0.3 is 17.9 Å². The van der Waals surface area contributed by atoms with Crippen LogP contribution in [0.4, 0.5) is 0 Å². The predicted octanol–water partition coefficient (Wildman–Crippen LogP) is 2.23. The number of carbonyl (C=O) groups excluding carboxylic acids is 4. The normalized spacial score (nSPS) is 11.0. The van der Waals surface area contributed by atoms with E-state index in [0.29, 0.717) is 23.0 Å². The zero-order valence-electron chi connectivity index (χ0n) is 16.3. The highest BCUT2D eigenvalue weighted by Gasteiger charge is 2.36. The molecule has 0 aromatic rings. The highest BCUT2D eigenvalue weighted by molar-refractivity contribution is 7.80. The fourth-order valence-corrected chi connectivity index (χ4v) is 2.98. The molecule has 0 fully saturated rings. The standard InChI is InChI=1S/C18H30O7S4/c19-14(2-7-26)1-6-18(11-23-15(20)3-8-27,12-24-16(21)4-9-28)13-25-17(22)5-10-29/h26-29H,1-13H2. The van der Waals surface area contributed by atoms with Crippen LogP contribution in [0.15, 0.2) is 0 Å². The lowest BCUT2D eigenvalue weighted by Gasteiger charge is -2.32. The first kappa shape index (κ1) is 28.5. The van der Waals surface area contributed by atoms with E-state index < -0.39 is 23.3 Å². The van der Waals surface area contributed by atoms with Crippen LogP contribution in [-0.2, 0) is 33.4 Å². The molecular formula is C18H30O7S4. The number of hydrogen-bond donors (Lipinski definition) is 4. The second-order valence-corrected chi connectivity index (χ2v) is 8.20. The van der Waals surface area contributed by atoms with Crippen LogP contribution in [0.5, 0.6) is 0 Å². The number of hydrogen-bond acceptors (Lipinski definition) is 11. The maximum Gasteiger partial charge on any atom is 0.306 e. The Balaban J connectivity index is 5.35. The van der Waals surface area contributed by atoms with Crippen LogP contribution in [0.25, 0.3) is 0 Å². The maximum absolute atomic E-state index is 12.0. The third kappa shape index (κ3) is 14.2. The molecule has 0 aliphatic carbocycles. The second kappa shape index (κ2) is 17.2. The van der Waals surface area contributed by atoms with Crippen molar-refractivity contribution in [2.45, 2.75) is 38.5 Å². The Kier molecular flexibility index (Phi) is 16.9. The fraction of sp³-hybridized carbons (Fsp3) is 0.778. The van der Waals surface area contributed by atoms with Gasteiger partial charge in [0.2, 0.25) is 0 Å². The fourth-order valence-electron chi connectivity index (χ4n) is 2.19. The van der Waals surface area contributed by atoms with Crippen LogP contribution in [-0.4, -0.2) is 66.5 Å². The van der Waals surface area contributed by atoms with Gasteiger partial charge in [0.1, 0.15) is 25.6 Å². The topological polar surface area (TPSA) is 96.0 Å². The van der Waals surface area contributed by atoms with Gasteiger partial charge in [-0.2, -0.15) is 50.5 Å². The van der Waals surface area contributed by atoms with Crippen molar-refractivity contribution >= 4 is 74.2 Å². The Hall–Kier alpha value is -0.520. The van der Waals surface area contributed by atoms with Crippen molar-refractivity contribution in [1.29, 1.82) is 0 Å². The molecule has 7 nitrogen and oxygen atoms in total. The van der Waals surface area contributed by atoms with Crippen molar-refractivity contribution in [1.82, 2.24) is 0 Å². The summed E-state index contributed by atoms with van der Waals surface area (Å²) in [5.41, 5.74) is -1.03. The molecule has 0 rings (SSSR count). The SMILES string of the molecule is O=C(CCS)CCC(COC(=O)CCS)(COC(=O)CCS)COC(=O)CCS. The van der Waals surface area contributed by atoms with Gasteiger partial charge in [0.15, 0.2) is 0 Å². The number of rotatable bonds is 17. The third-order valence-corrected chi connectivity index (χ3v) is 4.79. The molecule has 0 unspecified atom stereocenters. The summed E-state index contributed by atoms with van der Waals surface area (Å²) in [7, 11) is 0. The van der Waals surface area contributed by atoms with E-state index in [9.17, 15) is 19.2 Å². The quantitative estimate of drug-likeness (QED) is 0.142. The summed E-state index contributed by atoms with van der Waals surface area (Å²) in [6, 6.07) is 0. The Morgan fingerprint density at radius 1 is 0.552 bits per heavy atom. The lowest BCUT2D eigenvalue weighted by Crippen LogP contribution is -2.40. The average molecular weight is 487 g/mol. The molecule has 29 heavy (non-hydrogen) atoms. The molecule has 0 N–H and O–H groups in total. The van der Waals surface area contributed by atoms with Crippen molar-refractivity contribution in [3.63, 3.8) is 0 Å². The molecular weight excluding hydrogens is 456 g/mol. The smallest absolute Gasteiger partial charge is 0.306 e. The van der Waals surface area contributed by atoms with Gasteiger partial charge in [-0.3, -0.25) is 19.2 Å². The van der Waals surface area contributed by atoms with Crippen LogP contribution in [0.3, 0.4) is 0 Å². The number of thiol groups is 4. The molecule has 0 saturated carbocycles. The minimum absolute atomic E-state index is 0.0329. The summed E-state index contributed by atoms with van der Waals surface area (Å²) in [6.07, 6.45) is 0.983. The average Bonchev–Trinajstić information content (AvgIpc) is 2.68. The molecule has 0 aromatic heterocycles. The molecule has 0 bridgehead atoms. The van der Waals surface area contributed by atoms with Crippen LogP contribution in [0.1, 0.15) is 38.5 Å². The zero-order valence-corrected chi connectivity index (χ0v) is 19.9. The van der Waals surface area contributed by atoms with E-state index in [1.54, 1.807) is 0 Å². The van der Waals surface area contributed by atoms with Gasteiger partial charge in [-0.15, -0.1) is 0 Å². The summed E-state index contributed by atoms with van der Waals surface area (Å²) < 4.78 is 15.9. The van der Waals surface area contributed by atoms with Crippen LogP contribution in [0, 0.1) is 5.41 Å². The Morgan fingerprint density at radius 3 is 1.21 bits per heavy atom. The Bertz CT molecular complexity index is 435. The van der Waals surface area contributed by atoms with Crippen LogP contribution in [0.2, 0.25) is 0 Å². The van der Waals surface area contributed by atoms with Gasteiger partial charge in [-0.25, -0.2) is 0 Å². The van der Waals surface area contributed by atoms with E-state index in [1.807, 2.05) is 0 Å². The minimum Gasteiger partial charge on any atom is -0.465 e. The van der Waals surface area contributed by atoms with E-state index >= 15 is 0 Å². The molecule has 0 atom stereocenters. The van der Waals surface area contributed by atoms with Gasteiger partial charge in [0.25, 0.3) is 0 Å². The lowest BCUT2D eigenvalue weighted by molar-refractivity contribution is -0.162. The van der Waals surface area contributed by atoms with E-state index in [4.69, 9.17) is 14.2 Å². The van der Waals surface area contributed by atoms with Gasteiger partial charge in [0, 0.05) is 30.1 Å². The molecule has 0 saturated heterocycles. The monoisotopic (exact) mass is 486 g/mol. The zero-order chi connectivity index (χ0) is 22.1. The van der Waals surface area contributed by atoms with Gasteiger partial charge in [-0.1, -0.05) is 0 Å². The van der Waals surface area contributed by atoms with E-state index in [-0.39, 0.29) is 64.1 Å². The van der Waals surface area contributed by atoms with Crippen molar-refractivity contribution in [3.05, 3.63) is 0 Å². The highest BCUT2D eigenvalue weighted by Crippen LogP contribution is 2.28. The molecule has 168 valence electrons. The number of esters is 3. The van der Waals surface area contributed by atoms with Gasteiger partial charge in [-0.05, 0) is 12.2 Å². The predicted molar refractivity (Wildman–Crippen MR) is 123 cm³/mol. The molecule has 0 heterocycles. The summed E-state index contributed by atoms with van der Waals surface area (Å²) in [6.45, 7) is -0.470. The summed E-state index contributed by atoms with van der Waals surface area (Å²) in [5.74, 6) is -0.0931. The second-order valence-electron chi connectivity index (χ2n) is 6.42. The van der Waals surface area contributed by atoms with Crippen molar-refractivity contribution in [2.24, 2.45) is 5.41 Å². The van der Waals surface area contributed by atoms with E-state index in [0.717, 1.165) is 0 Å². The maximum atomic E-state index is 12.0. The Morgan fingerprint density at radius 2 is 0.897 bits per heavy atom. The summed E-state index contributed by atoms with van der Waals surface area (Å²) >= 11 is 16.0. The van der Waals surface area contributed by atoms with Crippen molar-refractivity contribution in [2.75, 3.05) is 42.8 Å².